The molecule has 1 atom stereocenters. The van der Waals surface area contributed by atoms with Crippen LogP contribution in [-0.2, 0) is 6.42 Å². The number of thiazole rings is 1. The number of nitrogens with zero attached hydrogens (tertiary/aromatic N) is 1. The lowest BCUT2D eigenvalue weighted by atomic mass is 10.1. The highest BCUT2D eigenvalue weighted by Gasteiger charge is 2.15. The zero-order valence-corrected chi connectivity index (χ0v) is 13.2. The van der Waals surface area contributed by atoms with Crippen LogP contribution in [0.4, 0.5) is 0 Å². The molecular formula is C16H18N2O3S. The van der Waals surface area contributed by atoms with E-state index in [1.165, 1.54) is 16.9 Å². The first-order chi connectivity index (χ1) is 10.6. The van der Waals surface area contributed by atoms with Crippen molar-refractivity contribution >= 4 is 17.2 Å². The first kappa shape index (κ1) is 15.0. The predicted molar refractivity (Wildman–Crippen MR) is 85.4 cm³/mol. The Bertz CT molecular complexity index is 682. The molecule has 116 valence electrons. The van der Waals surface area contributed by atoms with Crippen molar-refractivity contribution in [3.63, 3.8) is 0 Å². The third kappa shape index (κ3) is 3.28. The van der Waals surface area contributed by atoms with Gasteiger partial charge in [-0.1, -0.05) is 0 Å². The molecule has 1 aromatic carbocycles. The van der Waals surface area contributed by atoms with E-state index < -0.39 is 6.10 Å². The van der Waals surface area contributed by atoms with Crippen LogP contribution in [0, 0.1) is 0 Å². The maximum absolute atomic E-state index is 12.0. The average Bonchev–Trinajstić information content (AvgIpc) is 3.15. The molecule has 1 amide bonds. The first-order valence-corrected chi connectivity index (χ1v) is 8.13. The van der Waals surface area contributed by atoms with E-state index in [0.717, 1.165) is 29.3 Å². The van der Waals surface area contributed by atoms with E-state index in [9.17, 15) is 9.90 Å². The fourth-order valence-electron chi connectivity index (χ4n) is 2.31. The van der Waals surface area contributed by atoms with Gasteiger partial charge < -0.3 is 15.2 Å². The number of hydrogen-bond donors (Lipinski definition) is 2. The van der Waals surface area contributed by atoms with Gasteiger partial charge in [0.25, 0.3) is 5.91 Å². The van der Waals surface area contributed by atoms with Gasteiger partial charge >= 0.3 is 0 Å². The molecule has 3 rings (SSSR count). The average molecular weight is 318 g/mol. The number of benzene rings is 1. The summed E-state index contributed by atoms with van der Waals surface area (Å²) in [7, 11) is 0. The molecule has 2 aromatic rings. The van der Waals surface area contributed by atoms with Gasteiger partial charge in [-0.05, 0) is 37.1 Å². The Balaban J connectivity index is 1.69. The highest BCUT2D eigenvalue weighted by molar-refractivity contribution is 7.16. The number of carbonyl (C=O) groups excluding carboxylic acids is 1. The zero-order valence-electron chi connectivity index (χ0n) is 12.3. The highest BCUT2D eigenvalue weighted by Crippen LogP contribution is 2.32. The third-order valence-electron chi connectivity index (χ3n) is 3.51. The second-order valence-electron chi connectivity index (χ2n) is 5.34. The number of carbonyl (C=O) groups is 1. The summed E-state index contributed by atoms with van der Waals surface area (Å²) >= 11 is 1.37. The molecular weight excluding hydrogens is 300 g/mol. The van der Waals surface area contributed by atoms with Crippen molar-refractivity contribution in [1.82, 2.24) is 10.3 Å². The fourth-order valence-corrected chi connectivity index (χ4v) is 3.14. The van der Waals surface area contributed by atoms with Crippen LogP contribution in [0.15, 0.2) is 24.4 Å². The number of aromatic nitrogens is 1. The molecule has 0 bridgehead atoms. The van der Waals surface area contributed by atoms with Crippen molar-refractivity contribution in [3.8, 4) is 16.3 Å². The predicted octanol–water partition coefficient (Wildman–Crippen LogP) is 2.25. The number of rotatable bonds is 5. The van der Waals surface area contributed by atoms with Gasteiger partial charge in [-0.25, -0.2) is 4.98 Å². The van der Waals surface area contributed by atoms with Crippen molar-refractivity contribution < 1.29 is 14.6 Å². The minimum atomic E-state index is -0.411. The number of fused-ring (bicyclic) bond motifs is 1. The summed E-state index contributed by atoms with van der Waals surface area (Å²) < 4.78 is 5.49. The quantitative estimate of drug-likeness (QED) is 0.887. The van der Waals surface area contributed by atoms with Crippen LogP contribution in [0.1, 0.15) is 28.6 Å². The number of ether oxygens (including phenoxy) is 1. The maximum Gasteiger partial charge on any atom is 0.263 e. The third-order valence-corrected chi connectivity index (χ3v) is 4.56. The summed E-state index contributed by atoms with van der Waals surface area (Å²) in [6.45, 7) is 2.89. The topological polar surface area (TPSA) is 71.5 Å². The molecule has 1 aromatic heterocycles. The van der Waals surface area contributed by atoms with Crippen molar-refractivity contribution in [2.75, 3.05) is 13.2 Å². The van der Waals surface area contributed by atoms with Gasteiger partial charge in [0.05, 0.1) is 18.9 Å². The van der Waals surface area contributed by atoms with Crippen LogP contribution in [0.3, 0.4) is 0 Å². The summed E-state index contributed by atoms with van der Waals surface area (Å²) in [5.41, 5.74) is 2.20. The molecule has 1 aliphatic rings. The molecule has 6 heteroatoms. The first-order valence-electron chi connectivity index (χ1n) is 7.31. The molecule has 1 aliphatic heterocycles. The van der Waals surface area contributed by atoms with E-state index >= 15 is 0 Å². The lowest BCUT2D eigenvalue weighted by molar-refractivity contribution is 0.0949. The maximum atomic E-state index is 12.0. The van der Waals surface area contributed by atoms with E-state index in [0.29, 0.717) is 17.8 Å². The van der Waals surface area contributed by atoms with Crippen LogP contribution in [-0.4, -0.2) is 35.3 Å². The Morgan fingerprint density at radius 1 is 1.55 bits per heavy atom. The lowest BCUT2D eigenvalue weighted by Gasteiger charge is -2.04. The van der Waals surface area contributed by atoms with Gasteiger partial charge in [0.2, 0.25) is 0 Å². The summed E-state index contributed by atoms with van der Waals surface area (Å²) in [5, 5.41) is 12.8. The SMILES string of the molecule is CC(O)CCNC(=O)c1cnc(-c2ccc3c(c2)CCO3)s1. The summed E-state index contributed by atoms with van der Waals surface area (Å²) in [6, 6.07) is 6.01. The smallest absolute Gasteiger partial charge is 0.263 e. The van der Waals surface area contributed by atoms with Gasteiger partial charge in [0.1, 0.15) is 15.6 Å². The molecule has 2 N–H and O–H groups in total. The minimum Gasteiger partial charge on any atom is -0.493 e. The molecule has 2 heterocycles. The van der Waals surface area contributed by atoms with Gasteiger partial charge in [0, 0.05) is 18.5 Å². The Morgan fingerprint density at radius 3 is 3.23 bits per heavy atom. The van der Waals surface area contributed by atoms with Crippen molar-refractivity contribution in [1.29, 1.82) is 0 Å². The second-order valence-corrected chi connectivity index (χ2v) is 6.37. The van der Waals surface area contributed by atoms with E-state index in [1.807, 2.05) is 12.1 Å². The van der Waals surface area contributed by atoms with Gasteiger partial charge in [-0.2, -0.15) is 0 Å². The van der Waals surface area contributed by atoms with Crippen LogP contribution in [0.2, 0.25) is 0 Å². The zero-order chi connectivity index (χ0) is 15.5. The van der Waals surface area contributed by atoms with Crippen molar-refractivity contribution in [3.05, 3.63) is 34.8 Å². The highest BCUT2D eigenvalue weighted by atomic mass is 32.1. The number of hydrogen-bond acceptors (Lipinski definition) is 5. The van der Waals surface area contributed by atoms with Crippen LogP contribution in [0.25, 0.3) is 10.6 Å². The molecule has 1 unspecified atom stereocenters. The Kier molecular flexibility index (Phi) is 4.40. The molecule has 5 nitrogen and oxygen atoms in total. The summed E-state index contributed by atoms with van der Waals surface area (Å²) in [6.07, 6.45) is 2.65. The second kappa shape index (κ2) is 6.46. The molecule has 0 fully saturated rings. The van der Waals surface area contributed by atoms with E-state index in [4.69, 9.17) is 4.74 Å². The number of amides is 1. The van der Waals surface area contributed by atoms with Gasteiger partial charge in [-0.3, -0.25) is 4.79 Å². The Hall–Kier alpha value is -1.92. The number of aliphatic hydroxyl groups is 1. The molecule has 0 radical (unpaired) electrons. The van der Waals surface area contributed by atoms with Gasteiger partial charge in [-0.15, -0.1) is 11.3 Å². The van der Waals surface area contributed by atoms with Gasteiger partial charge in [0.15, 0.2) is 0 Å². The monoisotopic (exact) mass is 318 g/mol. The molecule has 0 saturated heterocycles. The lowest BCUT2D eigenvalue weighted by Crippen LogP contribution is -2.25. The van der Waals surface area contributed by atoms with E-state index in [-0.39, 0.29) is 5.91 Å². The Morgan fingerprint density at radius 2 is 2.41 bits per heavy atom. The standard InChI is InChI=1S/C16H18N2O3S/c1-10(19)4-6-17-15(20)14-9-18-16(22-14)12-2-3-13-11(8-12)5-7-21-13/h2-3,8-10,19H,4-7H2,1H3,(H,17,20). The van der Waals surface area contributed by atoms with Crippen LogP contribution in [0.5, 0.6) is 5.75 Å². The largest absolute Gasteiger partial charge is 0.493 e. The van der Waals surface area contributed by atoms with E-state index in [1.54, 1.807) is 13.1 Å². The number of nitrogens with one attached hydrogen (secondary N) is 1. The summed E-state index contributed by atoms with van der Waals surface area (Å²) in [5.74, 6) is 0.797. The molecule has 22 heavy (non-hydrogen) atoms. The molecule has 0 aliphatic carbocycles. The summed E-state index contributed by atoms with van der Waals surface area (Å²) in [4.78, 5) is 16.9. The minimum absolute atomic E-state index is 0.145. The number of aliphatic hydroxyl groups excluding tert-OH is 1. The van der Waals surface area contributed by atoms with Crippen molar-refractivity contribution in [2.24, 2.45) is 0 Å². The normalized spacial score (nSPS) is 14.3. The Labute approximate surface area is 133 Å². The molecule has 0 saturated carbocycles. The fraction of sp³-hybridized carbons (Fsp3) is 0.375. The van der Waals surface area contributed by atoms with Crippen LogP contribution < -0.4 is 10.1 Å². The van der Waals surface area contributed by atoms with Crippen molar-refractivity contribution in [2.45, 2.75) is 25.9 Å². The van der Waals surface area contributed by atoms with E-state index in [2.05, 4.69) is 16.4 Å². The molecule has 0 spiro atoms. The van der Waals surface area contributed by atoms with Crippen LogP contribution >= 0.6 is 11.3 Å².